The predicted molar refractivity (Wildman–Crippen MR) is 124 cm³/mol. The maximum Gasteiger partial charge on any atom is 0.231 e. The van der Waals surface area contributed by atoms with E-state index in [1.54, 1.807) is 11.5 Å². The highest BCUT2D eigenvalue weighted by molar-refractivity contribution is 5.97. The number of fused-ring (bicyclic) bond motifs is 2. The Bertz CT molecular complexity index is 1240. The van der Waals surface area contributed by atoms with Crippen molar-refractivity contribution < 1.29 is 19.1 Å². The number of nitrogens with one attached hydrogen (secondary N) is 1. The van der Waals surface area contributed by atoms with Gasteiger partial charge < -0.3 is 14.8 Å². The summed E-state index contributed by atoms with van der Waals surface area (Å²) in [6, 6.07) is 13.8. The van der Waals surface area contributed by atoms with Crippen LogP contribution < -0.4 is 14.8 Å². The average molecular weight is 433 g/mol. The van der Waals surface area contributed by atoms with E-state index in [0.29, 0.717) is 5.75 Å². The molecular weight excluding hydrogens is 404 g/mol. The van der Waals surface area contributed by atoms with Crippen molar-refractivity contribution in [1.82, 2.24) is 4.57 Å². The molecule has 1 aliphatic carbocycles. The molecule has 2 aromatic carbocycles. The molecule has 32 heavy (non-hydrogen) atoms. The zero-order valence-electron chi connectivity index (χ0n) is 19.0. The fraction of sp³-hybridized carbons (Fsp3) is 0.385. The highest BCUT2D eigenvalue weighted by Gasteiger charge is 2.50. The first kappa shape index (κ1) is 20.6. The lowest BCUT2D eigenvalue weighted by Crippen LogP contribution is -2.27. The third-order valence-corrected chi connectivity index (χ3v) is 6.55. The van der Waals surface area contributed by atoms with Gasteiger partial charge in [0, 0.05) is 29.1 Å². The summed E-state index contributed by atoms with van der Waals surface area (Å²) in [6.07, 6.45) is 1.70. The summed E-state index contributed by atoms with van der Waals surface area (Å²) in [6.45, 7) is 8.37. The molecule has 0 amide bonds. The van der Waals surface area contributed by atoms with Crippen LogP contribution in [0, 0.1) is 0 Å². The Balaban J connectivity index is 1.36. The van der Waals surface area contributed by atoms with Crippen molar-refractivity contribution in [3.8, 4) is 11.5 Å². The van der Waals surface area contributed by atoms with Gasteiger partial charge in [-0.25, -0.2) is 0 Å². The number of ether oxygens (including phenoxy) is 2. The van der Waals surface area contributed by atoms with Gasteiger partial charge in [-0.1, -0.05) is 26.8 Å². The summed E-state index contributed by atoms with van der Waals surface area (Å²) in [4.78, 5) is 25.5. The van der Waals surface area contributed by atoms with Gasteiger partial charge in [0.15, 0.2) is 17.3 Å². The Hall–Kier alpha value is -3.28. The summed E-state index contributed by atoms with van der Waals surface area (Å²) in [5, 5.41) is 4.29. The topological polar surface area (TPSA) is 69.6 Å². The number of rotatable bonds is 5. The monoisotopic (exact) mass is 432 g/mol. The van der Waals surface area contributed by atoms with Gasteiger partial charge in [0.1, 0.15) is 0 Å². The van der Waals surface area contributed by atoms with Crippen molar-refractivity contribution in [2.45, 2.75) is 51.4 Å². The minimum absolute atomic E-state index is 0.000197. The van der Waals surface area contributed by atoms with E-state index < -0.39 is 5.41 Å². The molecule has 3 aromatic rings. The Labute approximate surface area is 187 Å². The Morgan fingerprint density at radius 3 is 2.47 bits per heavy atom. The van der Waals surface area contributed by atoms with Gasteiger partial charge in [0.25, 0.3) is 0 Å². The third-order valence-electron chi connectivity index (χ3n) is 6.55. The normalized spacial score (nSPS) is 16.2. The lowest BCUT2D eigenvalue weighted by Gasteiger charge is -2.20. The molecule has 2 heterocycles. The summed E-state index contributed by atoms with van der Waals surface area (Å²) < 4.78 is 12.7. The highest BCUT2D eigenvalue weighted by Crippen LogP contribution is 2.51. The molecule has 1 fully saturated rings. The molecule has 6 nitrogen and oxygen atoms in total. The summed E-state index contributed by atoms with van der Waals surface area (Å²) in [5.41, 5.74) is 3.14. The number of hydrogen-bond acceptors (Lipinski definition) is 5. The van der Waals surface area contributed by atoms with Gasteiger partial charge in [-0.15, -0.1) is 0 Å². The van der Waals surface area contributed by atoms with Crippen LogP contribution in [0.5, 0.6) is 11.5 Å². The minimum atomic E-state index is -0.435. The lowest BCUT2D eigenvalue weighted by atomic mass is 9.91. The van der Waals surface area contributed by atoms with Gasteiger partial charge >= 0.3 is 0 Å². The molecule has 1 aromatic heterocycles. The first-order valence-electron chi connectivity index (χ1n) is 11.0. The average Bonchev–Trinajstić information content (AvgIpc) is 3.25. The lowest BCUT2D eigenvalue weighted by molar-refractivity contribution is -0.119. The molecule has 2 aliphatic rings. The molecule has 5 rings (SSSR count). The molecule has 0 bridgehead atoms. The third kappa shape index (κ3) is 3.34. The number of carbonyl (C=O) groups is 2. The van der Waals surface area contributed by atoms with Crippen molar-refractivity contribution in [3.05, 3.63) is 53.7 Å². The van der Waals surface area contributed by atoms with Gasteiger partial charge in [0.05, 0.1) is 17.5 Å². The quantitative estimate of drug-likeness (QED) is 0.612. The van der Waals surface area contributed by atoms with Crippen LogP contribution in [0.4, 0.5) is 5.69 Å². The molecule has 6 heteroatoms. The Morgan fingerprint density at radius 1 is 1.03 bits per heavy atom. The van der Waals surface area contributed by atoms with Crippen LogP contribution in [0.15, 0.2) is 42.5 Å². The Morgan fingerprint density at radius 2 is 1.78 bits per heavy atom. The van der Waals surface area contributed by atoms with Crippen LogP contribution in [0.1, 0.15) is 56.6 Å². The van der Waals surface area contributed by atoms with E-state index >= 15 is 0 Å². The molecular formula is C26H28N2O4. The van der Waals surface area contributed by atoms with Gasteiger partial charge in [-0.2, -0.15) is 0 Å². The Kier molecular flexibility index (Phi) is 4.59. The van der Waals surface area contributed by atoms with Crippen molar-refractivity contribution in [3.63, 3.8) is 0 Å². The van der Waals surface area contributed by atoms with Crippen molar-refractivity contribution in [1.29, 1.82) is 0 Å². The summed E-state index contributed by atoms with van der Waals surface area (Å²) in [5.74, 6) is 1.62. The van der Waals surface area contributed by atoms with Crippen LogP contribution in [-0.2, 0) is 15.6 Å². The van der Waals surface area contributed by atoms with Gasteiger partial charge in [-0.05, 0) is 54.8 Å². The van der Waals surface area contributed by atoms with Crippen molar-refractivity contribution >= 4 is 28.3 Å². The summed E-state index contributed by atoms with van der Waals surface area (Å²) in [7, 11) is 0. The number of carbonyl (C=O) groups excluding carboxylic acids is 2. The van der Waals surface area contributed by atoms with Crippen LogP contribution in [-0.4, -0.2) is 29.6 Å². The second-order valence-electron chi connectivity index (χ2n) is 9.83. The second kappa shape index (κ2) is 7.12. The number of ketones is 1. The van der Waals surface area contributed by atoms with Crippen LogP contribution >= 0.6 is 0 Å². The zero-order chi connectivity index (χ0) is 22.7. The smallest absolute Gasteiger partial charge is 0.231 e. The van der Waals surface area contributed by atoms with Crippen molar-refractivity contribution in [2.24, 2.45) is 0 Å². The van der Waals surface area contributed by atoms with Crippen LogP contribution in [0.2, 0.25) is 0 Å². The maximum absolute atomic E-state index is 13.2. The zero-order valence-corrected chi connectivity index (χ0v) is 19.0. The second-order valence-corrected chi connectivity index (χ2v) is 9.83. The molecule has 1 aliphatic heterocycles. The number of Topliss-reactive ketones (excluding diaryl/α,β-unsaturated/α-hetero) is 1. The van der Waals surface area contributed by atoms with Crippen LogP contribution in [0.3, 0.4) is 0 Å². The van der Waals surface area contributed by atoms with Gasteiger partial charge in [-0.3, -0.25) is 14.2 Å². The van der Waals surface area contributed by atoms with Gasteiger partial charge in [0.2, 0.25) is 12.7 Å². The van der Waals surface area contributed by atoms with E-state index in [1.165, 1.54) is 0 Å². The van der Waals surface area contributed by atoms with E-state index in [-0.39, 0.29) is 30.4 Å². The molecule has 1 saturated carbocycles. The molecule has 166 valence electrons. The fourth-order valence-electron chi connectivity index (χ4n) is 4.62. The molecule has 0 unspecified atom stereocenters. The highest BCUT2D eigenvalue weighted by atomic mass is 16.7. The molecule has 0 spiro atoms. The maximum atomic E-state index is 13.2. The SMILES string of the molecule is CC(=O)n1c(C(C)(C)C)cc2cc(NCC(=O)C3(c4ccc5c(c4)OCO5)CC3)ccc21. The van der Waals surface area contributed by atoms with Crippen molar-refractivity contribution in [2.75, 3.05) is 18.7 Å². The van der Waals surface area contributed by atoms with E-state index in [9.17, 15) is 9.59 Å². The fourth-order valence-corrected chi connectivity index (χ4v) is 4.62. The summed E-state index contributed by atoms with van der Waals surface area (Å²) >= 11 is 0. The predicted octanol–water partition coefficient (Wildman–Crippen LogP) is 5.04. The number of benzene rings is 2. The largest absolute Gasteiger partial charge is 0.454 e. The van der Waals surface area contributed by atoms with Crippen LogP contribution in [0.25, 0.3) is 10.9 Å². The van der Waals surface area contributed by atoms with E-state index in [1.807, 2.05) is 36.4 Å². The number of anilines is 1. The number of aromatic nitrogens is 1. The molecule has 1 N–H and O–H groups in total. The first-order valence-corrected chi connectivity index (χ1v) is 11.0. The minimum Gasteiger partial charge on any atom is -0.454 e. The number of nitrogens with zero attached hydrogens (tertiary/aromatic N) is 1. The molecule has 0 saturated heterocycles. The molecule has 0 atom stereocenters. The van der Waals surface area contributed by atoms with E-state index in [0.717, 1.165) is 46.4 Å². The first-order chi connectivity index (χ1) is 15.2. The van der Waals surface area contributed by atoms with E-state index in [2.05, 4.69) is 32.2 Å². The standard InChI is InChI=1S/C26H28N2O4/c1-16(29)28-20-7-6-19(11-17(20)12-23(28)25(2,3)4)27-14-24(30)26(9-10-26)18-5-8-21-22(13-18)32-15-31-21/h5-8,11-13,27H,9-10,14-15H2,1-4H3. The van der Waals surface area contributed by atoms with E-state index in [4.69, 9.17) is 9.47 Å². The molecule has 0 radical (unpaired) electrons. The number of hydrogen-bond donors (Lipinski definition) is 1.